The van der Waals surface area contributed by atoms with Gasteiger partial charge in [-0.25, -0.2) is 14.2 Å². The van der Waals surface area contributed by atoms with Crippen molar-refractivity contribution >= 4 is 23.2 Å². The van der Waals surface area contributed by atoms with Crippen LogP contribution in [0.25, 0.3) is 0 Å². The quantitative estimate of drug-likeness (QED) is 0.774. The van der Waals surface area contributed by atoms with E-state index in [9.17, 15) is 9.18 Å². The number of para-hydroxylation sites is 1. The predicted octanol–water partition coefficient (Wildman–Crippen LogP) is 2.24. The second-order valence-corrected chi connectivity index (χ2v) is 3.57. The van der Waals surface area contributed by atoms with Crippen LogP contribution in [0.3, 0.4) is 0 Å². The number of nitrogen functional groups attached to an aromatic ring is 1. The van der Waals surface area contributed by atoms with Crippen LogP contribution < -0.4 is 11.1 Å². The Morgan fingerprint density at radius 2 is 2.11 bits per heavy atom. The molecule has 0 saturated heterocycles. The van der Waals surface area contributed by atoms with E-state index in [0.29, 0.717) is 0 Å². The molecular formula is C12H10FN3O2. The van der Waals surface area contributed by atoms with E-state index in [2.05, 4.69) is 10.3 Å². The fraction of sp³-hybridized carbons (Fsp3) is 0. The van der Waals surface area contributed by atoms with E-state index in [4.69, 9.17) is 10.8 Å². The van der Waals surface area contributed by atoms with Crippen molar-refractivity contribution in [2.24, 2.45) is 0 Å². The first-order valence-electron chi connectivity index (χ1n) is 5.08. The van der Waals surface area contributed by atoms with Gasteiger partial charge in [0.1, 0.15) is 5.82 Å². The summed E-state index contributed by atoms with van der Waals surface area (Å²) >= 11 is 0. The molecule has 0 atom stereocenters. The second kappa shape index (κ2) is 4.70. The van der Waals surface area contributed by atoms with E-state index in [0.717, 1.165) is 6.20 Å². The van der Waals surface area contributed by atoms with Crippen molar-refractivity contribution < 1.29 is 14.3 Å². The highest BCUT2D eigenvalue weighted by atomic mass is 19.1. The molecule has 1 aromatic carbocycles. The van der Waals surface area contributed by atoms with Crippen molar-refractivity contribution in [2.45, 2.75) is 0 Å². The molecule has 6 heteroatoms. The molecule has 0 aliphatic rings. The van der Waals surface area contributed by atoms with Crippen molar-refractivity contribution in [3.8, 4) is 0 Å². The summed E-state index contributed by atoms with van der Waals surface area (Å²) in [5, 5.41) is 11.5. The maximum absolute atomic E-state index is 13.4. The van der Waals surface area contributed by atoms with Crippen LogP contribution in [0.2, 0.25) is 0 Å². The minimum atomic E-state index is -1.12. The van der Waals surface area contributed by atoms with Gasteiger partial charge >= 0.3 is 5.97 Å². The van der Waals surface area contributed by atoms with Gasteiger partial charge in [0.25, 0.3) is 0 Å². The molecule has 2 aromatic rings. The Morgan fingerprint density at radius 3 is 2.72 bits per heavy atom. The Hall–Kier alpha value is -2.63. The summed E-state index contributed by atoms with van der Waals surface area (Å²) in [4.78, 5) is 14.6. The van der Waals surface area contributed by atoms with E-state index in [1.165, 1.54) is 18.2 Å². The maximum Gasteiger partial charge on any atom is 0.337 e. The van der Waals surface area contributed by atoms with E-state index >= 15 is 0 Å². The van der Waals surface area contributed by atoms with Crippen LogP contribution in [0.1, 0.15) is 10.4 Å². The fourth-order valence-electron chi connectivity index (χ4n) is 1.39. The molecule has 92 valence electrons. The van der Waals surface area contributed by atoms with Crippen LogP contribution in [-0.2, 0) is 0 Å². The first-order valence-corrected chi connectivity index (χ1v) is 5.08. The fourth-order valence-corrected chi connectivity index (χ4v) is 1.39. The average Bonchev–Trinajstić information content (AvgIpc) is 2.34. The number of halogens is 1. The molecular weight excluding hydrogens is 237 g/mol. The molecule has 0 saturated carbocycles. The minimum absolute atomic E-state index is 0.0217. The lowest BCUT2D eigenvalue weighted by Crippen LogP contribution is -2.04. The molecule has 0 aliphatic carbocycles. The number of nitrogens with zero attached hydrogens (tertiary/aromatic N) is 1. The summed E-state index contributed by atoms with van der Waals surface area (Å²) in [5.74, 6) is -1.35. The molecule has 1 aromatic heterocycles. The lowest BCUT2D eigenvalue weighted by Gasteiger charge is -2.09. The summed E-state index contributed by atoms with van der Waals surface area (Å²) in [6.45, 7) is 0. The molecule has 0 amide bonds. The van der Waals surface area contributed by atoms with E-state index < -0.39 is 11.8 Å². The molecule has 0 fully saturated rings. The molecule has 4 N–H and O–H groups in total. The monoisotopic (exact) mass is 247 g/mol. The number of pyridine rings is 1. The Morgan fingerprint density at radius 1 is 1.39 bits per heavy atom. The van der Waals surface area contributed by atoms with Gasteiger partial charge in [-0.1, -0.05) is 12.1 Å². The molecule has 0 spiro atoms. The van der Waals surface area contributed by atoms with Crippen LogP contribution in [0.15, 0.2) is 36.5 Å². The van der Waals surface area contributed by atoms with Crippen LogP contribution in [0.4, 0.5) is 21.6 Å². The van der Waals surface area contributed by atoms with Crippen molar-refractivity contribution in [3.05, 3.63) is 47.9 Å². The Kier molecular flexibility index (Phi) is 3.09. The highest BCUT2D eigenvalue weighted by Gasteiger charge is 2.09. The van der Waals surface area contributed by atoms with Gasteiger partial charge in [0.05, 0.1) is 16.9 Å². The highest BCUT2D eigenvalue weighted by molar-refractivity contribution is 5.89. The van der Waals surface area contributed by atoms with Gasteiger partial charge in [-0.15, -0.1) is 0 Å². The molecule has 1 heterocycles. The molecule has 0 radical (unpaired) electrons. The Balaban J connectivity index is 2.30. The zero-order valence-corrected chi connectivity index (χ0v) is 9.22. The molecule has 0 bridgehead atoms. The van der Waals surface area contributed by atoms with Crippen molar-refractivity contribution in [1.82, 2.24) is 4.98 Å². The Bertz CT molecular complexity index is 602. The lowest BCUT2D eigenvalue weighted by molar-refractivity contribution is 0.0696. The largest absolute Gasteiger partial charge is 0.478 e. The number of nitrogens with two attached hydrogens (primary N) is 1. The SMILES string of the molecule is Nc1cc(C(=O)O)cnc1Nc1ccccc1F. The maximum atomic E-state index is 13.4. The number of carboxylic acids is 1. The minimum Gasteiger partial charge on any atom is -0.478 e. The molecule has 0 unspecified atom stereocenters. The first-order chi connectivity index (χ1) is 8.58. The summed E-state index contributed by atoms with van der Waals surface area (Å²) < 4.78 is 13.4. The van der Waals surface area contributed by atoms with Gasteiger partial charge < -0.3 is 16.2 Å². The Labute approximate surface area is 102 Å². The van der Waals surface area contributed by atoms with Crippen molar-refractivity contribution in [3.63, 3.8) is 0 Å². The van der Waals surface area contributed by atoms with Crippen molar-refractivity contribution in [1.29, 1.82) is 0 Å². The smallest absolute Gasteiger partial charge is 0.337 e. The van der Waals surface area contributed by atoms with Crippen LogP contribution in [-0.4, -0.2) is 16.1 Å². The number of anilines is 3. The van der Waals surface area contributed by atoms with E-state index in [-0.39, 0.29) is 22.8 Å². The number of nitrogens with one attached hydrogen (secondary N) is 1. The van der Waals surface area contributed by atoms with Crippen LogP contribution >= 0.6 is 0 Å². The molecule has 18 heavy (non-hydrogen) atoms. The van der Waals surface area contributed by atoms with Gasteiger partial charge in [0.2, 0.25) is 0 Å². The van der Waals surface area contributed by atoms with Gasteiger partial charge in [-0.2, -0.15) is 0 Å². The third-order valence-corrected chi connectivity index (χ3v) is 2.29. The first kappa shape index (κ1) is 11.8. The second-order valence-electron chi connectivity index (χ2n) is 3.57. The third-order valence-electron chi connectivity index (χ3n) is 2.29. The number of rotatable bonds is 3. The van der Waals surface area contributed by atoms with Gasteiger partial charge in [0, 0.05) is 6.20 Å². The topological polar surface area (TPSA) is 88.2 Å². The number of hydrogen-bond donors (Lipinski definition) is 3. The summed E-state index contributed by atoms with van der Waals surface area (Å²) in [5.41, 5.74) is 5.98. The van der Waals surface area contributed by atoms with Crippen LogP contribution in [0.5, 0.6) is 0 Å². The number of aromatic nitrogens is 1. The van der Waals surface area contributed by atoms with Gasteiger partial charge in [0.15, 0.2) is 5.82 Å². The lowest BCUT2D eigenvalue weighted by atomic mass is 10.2. The number of aromatic carboxylic acids is 1. The van der Waals surface area contributed by atoms with E-state index in [1.807, 2.05) is 0 Å². The average molecular weight is 247 g/mol. The third kappa shape index (κ3) is 2.37. The number of carboxylic acid groups (broad SMARTS) is 1. The van der Waals surface area contributed by atoms with Gasteiger partial charge in [-0.3, -0.25) is 0 Å². The summed E-state index contributed by atoms with van der Waals surface area (Å²) in [6.07, 6.45) is 1.15. The molecule has 2 rings (SSSR count). The number of benzene rings is 1. The summed E-state index contributed by atoms with van der Waals surface area (Å²) in [7, 11) is 0. The van der Waals surface area contributed by atoms with E-state index in [1.54, 1.807) is 12.1 Å². The highest BCUT2D eigenvalue weighted by Crippen LogP contribution is 2.23. The van der Waals surface area contributed by atoms with Crippen LogP contribution in [0, 0.1) is 5.82 Å². The normalized spacial score (nSPS) is 10.1. The van der Waals surface area contributed by atoms with Crippen molar-refractivity contribution in [2.75, 3.05) is 11.1 Å². The predicted molar refractivity (Wildman–Crippen MR) is 65.3 cm³/mol. The zero-order valence-electron chi connectivity index (χ0n) is 9.22. The number of carbonyl (C=O) groups is 1. The zero-order chi connectivity index (χ0) is 13.1. The molecule has 5 nitrogen and oxygen atoms in total. The summed E-state index contributed by atoms with van der Waals surface area (Å²) in [6, 6.07) is 7.31. The number of hydrogen-bond acceptors (Lipinski definition) is 4. The van der Waals surface area contributed by atoms with Gasteiger partial charge in [-0.05, 0) is 18.2 Å². The standard InChI is InChI=1S/C12H10FN3O2/c13-8-3-1-2-4-10(8)16-11-9(14)5-7(6-15-11)12(17)18/h1-6H,14H2,(H,15,16)(H,17,18). The molecule has 0 aliphatic heterocycles.